The largest absolute Gasteiger partial charge is 0.469 e. The zero-order chi connectivity index (χ0) is 18.2. The lowest BCUT2D eigenvalue weighted by Gasteiger charge is -2.08. The van der Waals surface area contributed by atoms with E-state index < -0.39 is 12.0 Å². The van der Waals surface area contributed by atoms with E-state index in [0.29, 0.717) is 12.8 Å². The average Bonchev–Trinajstić information content (AvgIpc) is 2.57. The summed E-state index contributed by atoms with van der Waals surface area (Å²) >= 11 is 0. The van der Waals surface area contributed by atoms with E-state index in [1.807, 2.05) is 0 Å². The van der Waals surface area contributed by atoms with Gasteiger partial charge in [-0.3, -0.25) is 19.7 Å². The Labute approximate surface area is 144 Å². The standard InChI is InChI=1S/C17H31NO6/c1-23-16(19)13-11-9-7-5-3-4-6-8-10-12-15(18(21)22)14-17(20)24-2/h15H,3-14H2,1-2H3. The Bertz CT molecular complexity index is 372. The molecule has 0 bridgehead atoms. The fourth-order valence-electron chi connectivity index (χ4n) is 2.55. The minimum absolute atomic E-state index is 0.143. The van der Waals surface area contributed by atoms with E-state index in [-0.39, 0.29) is 17.3 Å². The third kappa shape index (κ3) is 12.8. The lowest BCUT2D eigenvalue weighted by Crippen LogP contribution is -2.23. The Balaban J connectivity index is 3.47. The van der Waals surface area contributed by atoms with Gasteiger partial charge in [0.2, 0.25) is 6.04 Å². The zero-order valence-electron chi connectivity index (χ0n) is 15.0. The fourth-order valence-corrected chi connectivity index (χ4v) is 2.55. The first-order valence-corrected chi connectivity index (χ1v) is 8.78. The minimum atomic E-state index is -0.827. The molecule has 140 valence electrons. The van der Waals surface area contributed by atoms with Crippen LogP contribution in [0.4, 0.5) is 0 Å². The van der Waals surface area contributed by atoms with Gasteiger partial charge in [0.05, 0.1) is 14.2 Å². The van der Waals surface area contributed by atoms with Crippen LogP contribution in [0.2, 0.25) is 0 Å². The molecule has 0 aliphatic heterocycles. The predicted octanol–water partition coefficient (Wildman–Crippen LogP) is 3.66. The van der Waals surface area contributed by atoms with Crippen LogP contribution in [0.5, 0.6) is 0 Å². The molecule has 0 N–H and O–H groups in total. The summed E-state index contributed by atoms with van der Waals surface area (Å²) in [6.07, 6.45) is 10.0. The number of ether oxygens (including phenoxy) is 2. The summed E-state index contributed by atoms with van der Waals surface area (Å²) in [6, 6.07) is -0.827. The lowest BCUT2D eigenvalue weighted by molar-refractivity contribution is -0.522. The van der Waals surface area contributed by atoms with Crippen LogP contribution in [-0.4, -0.2) is 37.1 Å². The first-order valence-electron chi connectivity index (χ1n) is 8.78. The maximum absolute atomic E-state index is 11.1. The van der Waals surface area contributed by atoms with E-state index in [9.17, 15) is 19.7 Å². The van der Waals surface area contributed by atoms with E-state index >= 15 is 0 Å². The van der Waals surface area contributed by atoms with E-state index in [2.05, 4.69) is 9.47 Å². The first kappa shape index (κ1) is 22.3. The van der Waals surface area contributed by atoms with Crippen molar-refractivity contribution in [1.29, 1.82) is 0 Å². The fraction of sp³-hybridized carbons (Fsp3) is 0.882. The van der Waals surface area contributed by atoms with E-state index in [1.54, 1.807) is 0 Å². The van der Waals surface area contributed by atoms with E-state index in [4.69, 9.17) is 0 Å². The van der Waals surface area contributed by atoms with Crippen molar-refractivity contribution in [2.75, 3.05) is 14.2 Å². The second kappa shape index (κ2) is 14.9. The predicted molar refractivity (Wildman–Crippen MR) is 90.2 cm³/mol. The number of rotatable bonds is 15. The van der Waals surface area contributed by atoms with Gasteiger partial charge in [0.1, 0.15) is 6.42 Å². The molecule has 0 aromatic heterocycles. The van der Waals surface area contributed by atoms with Gasteiger partial charge in [0.15, 0.2) is 0 Å². The number of carbonyl (C=O) groups is 2. The van der Waals surface area contributed by atoms with Crippen LogP contribution >= 0.6 is 0 Å². The number of hydrogen-bond acceptors (Lipinski definition) is 6. The highest BCUT2D eigenvalue weighted by Gasteiger charge is 2.23. The molecule has 1 unspecified atom stereocenters. The van der Waals surface area contributed by atoms with Crippen LogP contribution in [0.15, 0.2) is 0 Å². The van der Waals surface area contributed by atoms with Crippen molar-refractivity contribution in [3.63, 3.8) is 0 Å². The zero-order valence-corrected chi connectivity index (χ0v) is 15.0. The van der Waals surface area contributed by atoms with Gasteiger partial charge in [-0.15, -0.1) is 0 Å². The van der Waals surface area contributed by atoms with Crippen LogP contribution in [0.3, 0.4) is 0 Å². The first-order chi connectivity index (χ1) is 11.5. The number of nitrogens with zero attached hydrogens (tertiary/aromatic N) is 1. The molecule has 0 rings (SSSR count). The van der Waals surface area contributed by atoms with E-state index in [0.717, 1.165) is 57.8 Å². The number of methoxy groups -OCH3 is 2. The van der Waals surface area contributed by atoms with Gasteiger partial charge in [0.25, 0.3) is 0 Å². The molecule has 7 heteroatoms. The monoisotopic (exact) mass is 345 g/mol. The third-order valence-electron chi connectivity index (χ3n) is 4.07. The van der Waals surface area contributed by atoms with Crippen molar-refractivity contribution in [3.05, 3.63) is 10.1 Å². The maximum Gasteiger partial charge on any atom is 0.312 e. The second-order valence-corrected chi connectivity index (χ2v) is 6.02. The molecule has 0 fully saturated rings. The number of hydrogen-bond donors (Lipinski definition) is 0. The molecule has 0 saturated carbocycles. The quantitative estimate of drug-likeness (QED) is 0.194. The van der Waals surface area contributed by atoms with Crippen LogP contribution in [-0.2, 0) is 19.1 Å². The molecule has 0 aromatic rings. The van der Waals surface area contributed by atoms with Crippen molar-refractivity contribution in [2.45, 2.75) is 83.1 Å². The normalized spacial score (nSPS) is 11.8. The molecule has 1 atom stereocenters. The van der Waals surface area contributed by atoms with Crippen molar-refractivity contribution in [1.82, 2.24) is 0 Å². The van der Waals surface area contributed by atoms with Gasteiger partial charge in [-0.05, 0) is 12.8 Å². The van der Waals surface area contributed by atoms with Crippen molar-refractivity contribution in [2.24, 2.45) is 0 Å². The van der Waals surface area contributed by atoms with Crippen LogP contribution < -0.4 is 0 Å². The summed E-state index contributed by atoms with van der Waals surface area (Å²) in [4.78, 5) is 32.5. The number of esters is 2. The summed E-state index contributed by atoms with van der Waals surface area (Å²) in [7, 11) is 2.65. The molecule has 0 saturated heterocycles. The molecule has 0 aliphatic carbocycles. The topological polar surface area (TPSA) is 95.7 Å². The SMILES string of the molecule is COC(=O)CCCCCCCCCCCC(CC(=O)OC)[N+](=O)[O-]. The molecule has 7 nitrogen and oxygen atoms in total. The molecule has 0 heterocycles. The Morgan fingerprint density at radius 1 is 0.833 bits per heavy atom. The highest BCUT2D eigenvalue weighted by Crippen LogP contribution is 2.14. The Hall–Kier alpha value is -1.66. The summed E-state index contributed by atoms with van der Waals surface area (Å²) in [5.74, 6) is -0.667. The van der Waals surface area contributed by atoms with Gasteiger partial charge in [0, 0.05) is 17.8 Å². The molecule has 0 spiro atoms. The highest BCUT2D eigenvalue weighted by atomic mass is 16.6. The van der Waals surface area contributed by atoms with Gasteiger partial charge in [-0.25, -0.2) is 0 Å². The number of nitro groups is 1. The molecular weight excluding hydrogens is 314 g/mol. The lowest BCUT2D eigenvalue weighted by atomic mass is 10.0. The average molecular weight is 345 g/mol. The smallest absolute Gasteiger partial charge is 0.312 e. The van der Waals surface area contributed by atoms with Crippen molar-refractivity contribution in [3.8, 4) is 0 Å². The third-order valence-corrected chi connectivity index (χ3v) is 4.07. The molecule has 0 aliphatic rings. The van der Waals surface area contributed by atoms with Gasteiger partial charge >= 0.3 is 11.9 Å². The molecule has 0 aromatic carbocycles. The Morgan fingerprint density at radius 3 is 1.75 bits per heavy atom. The molecule has 24 heavy (non-hydrogen) atoms. The molecule has 0 radical (unpaired) electrons. The van der Waals surface area contributed by atoms with Crippen LogP contribution in [0.25, 0.3) is 0 Å². The van der Waals surface area contributed by atoms with Crippen LogP contribution in [0.1, 0.15) is 77.0 Å². The van der Waals surface area contributed by atoms with Crippen molar-refractivity contribution >= 4 is 11.9 Å². The minimum Gasteiger partial charge on any atom is -0.469 e. The Kier molecular flexibility index (Phi) is 13.9. The van der Waals surface area contributed by atoms with Gasteiger partial charge in [-0.2, -0.15) is 0 Å². The summed E-state index contributed by atoms with van der Waals surface area (Å²) < 4.78 is 9.07. The summed E-state index contributed by atoms with van der Waals surface area (Å²) in [6.45, 7) is 0. The van der Waals surface area contributed by atoms with Gasteiger partial charge < -0.3 is 9.47 Å². The number of carbonyl (C=O) groups excluding carboxylic acids is 2. The van der Waals surface area contributed by atoms with Crippen LogP contribution in [0, 0.1) is 10.1 Å². The van der Waals surface area contributed by atoms with Crippen molar-refractivity contribution < 1.29 is 24.0 Å². The second-order valence-electron chi connectivity index (χ2n) is 6.02. The highest BCUT2D eigenvalue weighted by molar-refractivity contribution is 5.69. The summed E-state index contributed by atoms with van der Waals surface area (Å²) in [5, 5.41) is 10.9. The molecular formula is C17H31NO6. The molecule has 0 amide bonds. The van der Waals surface area contributed by atoms with E-state index in [1.165, 1.54) is 14.2 Å². The summed E-state index contributed by atoms with van der Waals surface area (Å²) in [5.41, 5.74) is 0. The number of unbranched alkanes of at least 4 members (excludes halogenated alkanes) is 8. The Morgan fingerprint density at radius 2 is 1.29 bits per heavy atom. The maximum atomic E-state index is 11.1. The van der Waals surface area contributed by atoms with Gasteiger partial charge in [-0.1, -0.05) is 44.9 Å².